The Hall–Kier alpha value is -1.30. The maximum atomic E-state index is 5.52. The minimum absolute atomic E-state index is 0.150. The van der Waals surface area contributed by atoms with Gasteiger partial charge in [-0.05, 0) is 23.5 Å². The van der Waals surface area contributed by atoms with E-state index in [1.165, 1.54) is 11.1 Å². The topological polar surface area (TPSA) is 38.0 Å². The highest BCUT2D eigenvalue weighted by Gasteiger charge is 2.08. The number of hydrazine groups is 1. The number of hydrogen-bond donors (Lipinski definition) is 2. The fourth-order valence-corrected chi connectivity index (χ4v) is 1.69. The zero-order chi connectivity index (χ0) is 12.0. The van der Waals surface area contributed by atoms with Gasteiger partial charge in [-0.25, -0.2) is 0 Å². The number of terminal acetylenes is 1. The molecular formula is C14H20N2. The maximum Gasteiger partial charge on any atom is 0.0469 e. The molecule has 0 bridgehead atoms. The Morgan fingerprint density at radius 1 is 1.25 bits per heavy atom. The van der Waals surface area contributed by atoms with Gasteiger partial charge in [0.15, 0.2) is 0 Å². The molecule has 0 aliphatic rings. The SMILES string of the molecule is C#CCCC(NN)c1ccc(C(C)C)cc1. The van der Waals surface area contributed by atoms with Crippen molar-refractivity contribution in [2.45, 2.75) is 38.6 Å². The summed E-state index contributed by atoms with van der Waals surface area (Å²) in [4.78, 5) is 0. The summed E-state index contributed by atoms with van der Waals surface area (Å²) in [6, 6.07) is 8.70. The highest BCUT2D eigenvalue weighted by molar-refractivity contribution is 5.26. The van der Waals surface area contributed by atoms with E-state index < -0.39 is 0 Å². The predicted molar refractivity (Wildman–Crippen MR) is 68.7 cm³/mol. The Balaban J connectivity index is 2.75. The molecule has 0 spiro atoms. The summed E-state index contributed by atoms with van der Waals surface area (Å²) in [6.07, 6.45) is 6.86. The van der Waals surface area contributed by atoms with Crippen LogP contribution in [0.1, 0.15) is 49.8 Å². The molecule has 0 saturated carbocycles. The second kappa shape index (κ2) is 6.32. The molecule has 0 aliphatic heterocycles. The van der Waals surface area contributed by atoms with Crippen molar-refractivity contribution in [2.75, 3.05) is 0 Å². The monoisotopic (exact) mass is 216 g/mol. The standard InChI is InChI=1S/C14H20N2/c1-4-5-6-14(16-15)13-9-7-12(8-10-13)11(2)3/h1,7-11,14,16H,5-6,15H2,2-3H3. The number of benzene rings is 1. The predicted octanol–water partition coefficient (Wildman–Crippen LogP) is 2.73. The van der Waals surface area contributed by atoms with Crippen LogP contribution in [0, 0.1) is 12.3 Å². The van der Waals surface area contributed by atoms with E-state index in [4.69, 9.17) is 12.3 Å². The van der Waals surface area contributed by atoms with E-state index in [2.05, 4.69) is 49.5 Å². The van der Waals surface area contributed by atoms with Crippen molar-refractivity contribution in [1.29, 1.82) is 0 Å². The average molecular weight is 216 g/mol. The van der Waals surface area contributed by atoms with Gasteiger partial charge in [0.2, 0.25) is 0 Å². The van der Waals surface area contributed by atoms with Crippen molar-refractivity contribution >= 4 is 0 Å². The molecule has 3 N–H and O–H groups in total. The summed E-state index contributed by atoms with van der Waals surface area (Å²) in [5.41, 5.74) is 5.35. The van der Waals surface area contributed by atoms with Crippen LogP contribution in [-0.2, 0) is 0 Å². The van der Waals surface area contributed by atoms with Crippen molar-refractivity contribution < 1.29 is 0 Å². The van der Waals surface area contributed by atoms with Gasteiger partial charge in [-0.15, -0.1) is 12.3 Å². The minimum Gasteiger partial charge on any atom is -0.271 e. The molecule has 1 atom stereocenters. The summed E-state index contributed by atoms with van der Waals surface area (Å²) in [5.74, 6) is 8.72. The van der Waals surface area contributed by atoms with Crippen LogP contribution in [0.25, 0.3) is 0 Å². The Labute approximate surface area is 98.2 Å². The Bertz CT molecular complexity index is 346. The molecule has 0 aromatic heterocycles. The first-order valence-corrected chi connectivity index (χ1v) is 5.68. The van der Waals surface area contributed by atoms with Crippen molar-refractivity contribution in [3.8, 4) is 12.3 Å². The van der Waals surface area contributed by atoms with Crippen LogP contribution < -0.4 is 11.3 Å². The molecule has 1 rings (SSSR count). The van der Waals surface area contributed by atoms with Crippen LogP contribution in [0.4, 0.5) is 0 Å². The average Bonchev–Trinajstić information content (AvgIpc) is 2.30. The van der Waals surface area contributed by atoms with Crippen LogP contribution >= 0.6 is 0 Å². The lowest BCUT2D eigenvalue weighted by Crippen LogP contribution is -2.27. The second-order valence-corrected chi connectivity index (χ2v) is 4.28. The molecule has 2 nitrogen and oxygen atoms in total. The van der Waals surface area contributed by atoms with Crippen LogP contribution in [0.2, 0.25) is 0 Å². The molecule has 0 radical (unpaired) electrons. The zero-order valence-corrected chi connectivity index (χ0v) is 10.0. The molecule has 0 aliphatic carbocycles. The number of rotatable bonds is 5. The van der Waals surface area contributed by atoms with E-state index in [0.717, 1.165) is 12.8 Å². The molecule has 1 aromatic rings. The van der Waals surface area contributed by atoms with E-state index >= 15 is 0 Å². The molecule has 0 fully saturated rings. The number of hydrogen-bond acceptors (Lipinski definition) is 2. The van der Waals surface area contributed by atoms with Gasteiger partial charge >= 0.3 is 0 Å². The van der Waals surface area contributed by atoms with Crippen LogP contribution in [-0.4, -0.2) is 0 Å². The first-order chi connectivity index (χ1) is 7.69. The summed E-state index contributed by atoms with van der Waals surface area (Å²) >= 11 is 0. The molecule has 1 unspecified atom stereocenters. The Morgan fingerprint density at radius 2 is 1.81 bits per heavy atom. The van der Waals surface area contributed by atoms with E-state index in [1.54, 1.807) is 0 Å². The van der Waals surface area contributed by atoms with Gasteiger partial charge in [0.05, 0.1) is 0 Å². The normalized spacial score (nSPS) is 12.4. The smallest absolute Gasteiger partial charge is 0.0469 e. The van der Waals surface area contributed by atoms with Crippen molar-refractivity contribution in [2.24, 2.45) is 5.84 Å². The van der Waals surface area contributed by atoms with Crippen LogP contribution in [0.3, 0.4) is 0 Å². The molecule has 86 valence electrons. The molecule has 0 amide bonds. The van der Waals surface area contributed by atoms with Crippen LogP contribution in [0.5, 0.6) is 0 Å². The van der Waals surface area contributed by atoms with Gasteiger partial charge < -0.3 is 0 Å². The summed E-state index contributed by atoms with van der Waals surface area (Å²) in [5, 5.41) is 0. The number of nitrogens with two attached hydrogens (primary N) is 1. The van der Waals surface area contributed by atoms with E-state index in [9.17, 15) is 0 Å². The van der Waals surface area contributed by atoms with E-state index in [1.807, 2.05) is 0 Å². The van der Waals surface area contributed by atoms with Gasteiger partial charge in [-0.3, -0.25) is 11.3 Å². The lowest BCUT2D eigenvalue weighted by atomic mass is 9.97. The first-order valence-electron chi connectivity index (χ1n) is 5.68. The largest absolute Gasteiger partial charge is 0.271 e. The summed E-state index contributed by atoms with van der Waals surface area (Å²) in [6.45, 7) is 4.37. The molecule has 0 saturated heterocycles. The Morgan fingerprint density at radius 3 is 2.25 bits per heavy atom. The lowest BCUT2D eigenvalue weighted by molar-refractivity contribution is 0.523. The fourth-order valence-electron chi connectivity index (χ4n) is 1.69. The molecule has 16 heavy (non-hydrogen) atoms. The van der Waals surface area contributed by atoms with Gasteiger partial charge in [0, 0.05) is 12.5 Å². The number of nitrogens with one attached hydrogen (secondary N) is 1. The third-order valence-corrected chi connectivity index (χ3v) is 2.78. The van der Waals surface area contributed by atoms with Gasteiger partial charge in [0.1, 0.15) is 0 Å². The lowest BCUT2D eigenvalue weighted by Gasteiger charge is -2.16. The van der Waals surface area contributed by atoms with Crippen molar-refractivity contribution in [1.82, 2.24) is 5.43 Å². The zero-order valence-electron chi connectivity index (χ0n) is 10.0. The molecular weight excluding hydrogens is 196 g/mol. The highest BCUT2D eigenvalue weighted by atomic mass is 15.2. The van der Waals surface area contributed by atoms with Gasteiger partial charge in [0.25, 0.3) is 0 Å². The van der Waals surface area contributed by atoms with Crippen molar-refractivity contribution in [3.05, 3.63) is 35.4 Å². The maximum absolute atomic E-state index is 5.52. The first kappa shape index (κ1) is 12.8. The van der Waals surface area contributed by atoms with E-state index in [0.29, 0.717) is 5.92 Å². The molecule has 0 heterocycles. The third-order valence-electron chi connectivity index (χ3n) is 2.78. The third kappa shape index (κ3) is 3.37. The summed E-state index contributed by atoms with van der Waals surface area (Å²) < 4.78 is 0. The summed E-state index contributed by atoms with van der Waals surface area (Å²) in [7, 11) is 0. The van der Waals surface area contributed by atoms with Crippen molar-refractivity contribution in [3.63, 3.8) is 0 Å². The van der Waals surface area contributed by atoms with Gasteiger partial charge in [-0.2, -0.15) is 0 Å². The Kier molecular flexibility index (Phi) is 5.04. The highest BCUT2D eigenvalue weighted by Crippen LogP contribution is 2.21. The minimum atomic E-state index is 0.150. The van der Waals surface area contributed by atoms with Gasteiger partial charge in [-0.1, -0.05) is 38.1 Å². The quantitative estimate of drug-likeness (QED) is 0.451. The van der Waals surface area contributed by atoms with Crippen LogP contribution in [0.15, 0.2) is 24.3 Å². The molecule has 2 heteroatoms. The van der Waals surface area contributed by atoms with E-state index in [-0.39, 0.29) is 6.04 Å². The fraction of sp³-hybridized carbons (Fsp3) is 0.429. The second-order valence-electron chi connectivity index (χ2n) is 4.28. The molecule has 1 aromatic carbocycles.